The average molecular weight is 430 g/mol. The predicted octanol–water partition coefficient (Wildman–Crippen LogP) is 4.43. The van der Waals surface area contributed by atoms with Gasteiger partial charge in [0.1, 0.15) is 0 Å². The Labute approximate surface area is 184 Å². The molecular weight excluding hydrogens is 398 g/mol. The molecule has 1 aromatic heterocycles. The molecule has 0 aliphatic rings. The van der Waals surface area contributed by atoms with E-state index in [1.54, 1.807) is 6.08 Å². The van der Waals surface area contributed by atoms with E-state index in [9.17, 15) is 4.79 Å². The minimum atomic E-state index is 0.624. The third-order valence-electron chi connectivity index (χ3n) is 4.14. The third kappa shape index (κ3) is 7.89. The van der Waals surface area contributed by atoms with Crippen LogP contribution in [0.4, 0.5) is 11.4 Å². The minimum absolute atomic E-state index is 0.624. The Morgan fingerprint density at radius 3 is 2.57 bits per heavy atom. The van der Waals surface area contributed by atoms with Crippen LogP contribution < -0.4 is 21.7 Å². The average Bonchev–Trinajstić information content (AvgIpc) is 2.74. The number of carbonyl (C=O) groups excluding carboxylic acids is 1. The summed E-state index contributed by atoms with van der Waals surface area (Å²) in [5.41, 5.74) is 10.9. The van der Waals surface area contributed by atoms with Gasteiger partial charge in [-0.3, -0.25) is 4.79 Å². The number of anilines is 2. The maximum Gasteiger partial charge on any atom is 0.207 e. The van der Waals surface area contributed by atoms with Gasteiger partial charge < -0.3 is 21.7 Å². The van der Waals surface area contributed by atoms with Gasteiger partial charge in [0.2, 0.25) is 6.41 Å². The molecule has 0 bridgehead atoms. The van der Waals surface area contributed by atoms with E-state index in [0.717, 1.165) is 54.3 Å². The molecule has 2 aromatic rings. The smallest absolute Gasteiger partial charge is 0.207 e. The molecule has 0 spiro atoms. The SMILES string of the molecule is C=Cc1c(Cl)cc(-c2ccc(NC)c(N)c2)nc1/C=C\C.CCCNCCNC=O. The number of aromatic nitrogens is 1. The molecule has 30 heavy (non-hydrogen) atoms. The van der Waals surface area contributed by atoms with E-state index in [2.05, 4.69) is 34.4 Å². The normalized spacial score (nSPS) is 10.3. The van der Waals surface area contributed by atoms with Gasteiger partial charge in [0, 0.05) is 31.3 Å². The molecule has 7 heteroatoms. The molecule has 1 heterocycles. The number of pyridine rings is 1. The Morgan fingerprint density at radius 2 is 2.00 bits per heavy atom. The van der Waals surface area contributed by atoms with Gasteiger partial charge >= 0.3 is 0 Å². The number of nitrogens with zero attached hydrogens (tertiary/aromatic N) is 1. The molecule has 0 saturated carbocycles. The van der Waals surface area contributed by atoms with Crippen LogP contribution in [-0.4, -0.2) is 38.1 Å². The molecule has 0 unspecified atom stereocenters. The molecule has 162 valence electrons. The number of nitrogens with one attached hydrogen (secondary N) is 3. The number of rotatable bonds is 10. The van der Waals surface area contributed by atoms with Crippen LogP contribution in [0.1, 0.15) is 31.5 Å². The fourth-order valence-corrected chi connectivity index (χ4v) is 2.93. The predicted molar refractivity (Wildman–Crippen MR) is 131 cm³/mol. The summed E-state index contributed by atoms with van der Waals surface area (Å²) in [6, 6.07) is 7.61. The van der Waals surface area contributed by atoms with Crippen LogP contribution in [0.2, 0.25) is 5.02 Å². The molecule has 0 radical (unpaired) electrons. The lowest BCUT2D eigenvalue weighted by Gasteiger charge is -2.10. The molecule has 0 fully saturated rings. The highest BCUT2D eigenvalue weighted by atomic mass is 35.5. The lowest BCUT2D eigenvalue weighted by Crippen LogP contribution is -2.26. The molecule has 1 amide bonds. The second-order valence-corrected chi connectivity index (χ2v) is 6.77. The third-order valence-corrected chi connectivity index (χ3v) is 4.45. The van der Waals surface area contributed by atoms with Crippen LogP contribution in [0, 0.1) is 0 Å². The largest absolute Gasteiger partial charge is 0.397 e. The van der Waals surface area contributed by atoms with E-state index in [1.165, 1.54) is 0 Å². The first-order valence-corrected chi connectivity index (χ1v) is 10.3. The van der Waals surface area contributed by atoms with Gasteiger partial charge in [-0.2, -0.15) is 0 Å². The summed E-state index contributed by atoms with van der Waals surface area (Å²) in [5, 5.41) is 9.38. The zero-order chi connectivity index (χ0) is 22.4. The van der Waals surface area contributed by atoms with Gasteiger partial charge in [0.05, 0.1) is 27.8 Å². The number of hydrogen-bond acceptors (Lipinski definition) is 5. The molecule has 1 aromatic carbocycles. The van der Waals surface area contributed by atoms with E-state index < -0.39 is 0 Å². The summed E-state index contributed by atoms with van der Waals surface area (Å²) in [7, 11) is 1.84. The Bertz CT molecular complexity index is 852. The molecule has 0 aliphatic carbocycles. The fraction of sp³-hybridized carbons (Fsp3) is 0.304. The van der Waals surface area contributed by atoms with Gasteiger partial charge in [0.25, 0.3) is 0 Å². The maximum absolute atomic E-state index is 9.70. The van der Waals surface area contributed by atoms with Crippen molar-refractivity contribution in [3.05, 3.63) is 53.2 Å². The number of carbonyl (C=O) groups is 1. The number of nitrogens with two attached hydrogens (primary N) is 1. The summed E-state index contributed by atoms with van der Waals surface area (Å²) in [5.74, 6) is 0. The van der Waals surface area contributed by atoms with Crippen molar-refractivity contribution >= 4 is 41.5 Å². The Balaban J connectivity index is 0.000000424. The van der Waals surface area contributed by atoms with Crippen molar-refractivity contribution in [1.82, 2.24) is 15.6 Å². The van der Waals surface area contributed by atoms with Crippen LogP contribution in [0.15, 0.2) is 36.9 Å². The lowest BCUT2D eigenvalue weighted by atomic mass is 10.1. The Hall–Kier alpha value is -2.83. The zero-order valence-corrected chi connectivity index (χ0v) is 18.7. The highest BCUT2D eigenvalue weighted by Gasteiger charge is 2.09. The summed E-state index contributed by atoms with van der Waals surface area (Å²) >= 11 is 6.33. The van der Waals surface area contributed by atoms with Crippen molar-refractivity contribution in [3.63, 3.8) is 0 Å². The van der Waals surface area contributed by atoms with Gasteiger partial charge in [-0.25, -0.2) is 4.98 Å². The van der Waals surface area contributed by atoms with E-state index in [1.807, 2.05) is 50.4 Å². The summed E-state index contributed by atoms with van der Waals surface area (Å²) in [6.45, 7) is 10.5. The second kappa shape index (κ2) is 14.2. The van der Waals surface area contributed by atoms with Gasteiger partial charge in [-0.15, -0.1) is 0 Å². The lowest BCUT2D eigenvalue weighted by molar-refractivity contribution is -0.109. The van der Waals surface area contributed by atoms with Crippen LogP contribution in [0.5, 0.6) is 0 Å². The highest BCUT2D eigenvalue weighted by molar-refractivity contribution is 6.32. The second-order valence-electron chi connectivity index (χ2n) is 6.37. The van der Waals surface area contributed by atoms with Crippen molar-refractivity contribution in [3.8, 4) is 11.3 Å². The van der Waals surface area contributed by atoms with Crippen LogP contribution in [0.3, 0.4) is 0 Å². The number of amides is 1. The van der Waals surface area contributed by atoms with Crippen molar-refractivity contribution in [2.75, 3.05) is 37.7 Å². The van der Waals surface area contributed by atoms with E-state index in [0.29, 0.717) is 17.1 Å². The maximum atomic E-state index is 9.70. The number of halogens is 1. The first-order valence-electron chi connectivity index (χ1n) is 9.93. The van der Waals surface area contributed by atoms with Crippen molar-refractivity contribution in [1.29, 1.82) is 0 Å². The summed E-state index contributed by atoms with van der Waals surface area (Å²) in [4.78, 5) is 14.3. The van der Waals surface area contributed by atoms with Crippen LogP contribution in [0.25, 0.3) is 23.4 Å². The van der Waals surface area contributed by atoms with Crippen LogP contribution >= 0.6 is 11.6 Å². The highest BCUT2D eigenvalue weighted by Crippen LogP contribution is 2.30. The molecule has 5 N–H and O–H groups in total. The molecule has 0 aliphatic heterocycles. The Morgan fingerprint density at radius 1 is 1.23 bits per heavy atom. The van der Waals surface area contributed by atoms with Crippen molar-refractivity contribution in [2.24, 2.45) is 0 Å². The van der Waals surface area contributed by atoms with E-state index >= 15 is 0 Å². The monoisotopic (exact) mass is 429 g/mol. The number of hydrogen-bond donors (Lipinski definition) is 4. The first kappa shape index (κ1) is 25.2. The summed E-state index contributed by atoms with van der Waals surface area (Å²) in [6.07, 6.45) is 7.41. The molecular formula is C23H32ClN5O. The quantitative estimate of drug-likeness (QED) is 0.254. The topological polar surface area (TPSA) is 92.1 Å². The first-order chi connectivity index (χ1) is 14.5. The van der Waals surface area contributed by atoms with Gasteiger partial charge in [0.15, 0.2) is 0 Å². The molecule has 2 rings (SSSR count). The minimum Gasteiger partial charge on any atom is -0.397 e. The van der Waals surface area contributed by atoms with E-state index in [4.69, 9.17) is 17.3 Å². The standard InChI is InChI=1S/C17H18ClN3.C6H14N2O/c1-4-6-15-12(5-2)13(18)10-17(21-15)11-7-8-16(20-3)14(19)9-11;1-2-3-7-4-5-8-6-9/h4-10,20H,2,19H2,1,3H3;6-7H,2-5H2,1H3,(H,8,9)/b6-4-;. The number of nitrogen functional groups attached to an aromatic ring is 1. The Kier molecular flexibility index (Phi) is 11.9. The van der Waals surface area contributed by atoms with Gasteiger partial charge in [-0.05, 0) is 44.2 Å². The number of allylic oxidation sites excluding steroid dienone is 1. The van der Waals surface area contributed by atoms with Crippen molar-refractivity contribution in [2.45, 2.75) is 20.3 Å². The van der Waals surface area contributed by atoms with Crippen LogP contribution in [-0.2, 0) is 4.79 Å². The van der Waals surface area contributed by atoms with E-state index in [-0.39, 0.29) is 0 Å². The summed E-state index contributed by atoms with van der Waals surface area (Å²) < 4.78 is 0. The van der Waals surface area contributed by atoms with Gasteiger partial charge in [-0.1, -0.05) is 43.3 Å². The molecule has 6 nitrogen and oxygen atoms in total. The molecule has 0 saturated heterocycles. The van der Waals surface area contributed by atoms with Crippen molar-refractivity contribution < 1.29 is 4.79 Å². The molecule has 0 atom stereocenters. The number of benzene rings is 1. The zero-order valence-electron chi connectivity index (χ0n) is 18.0. The fourth-order valence-electron chi connectivity index (χ4n) is 2.65.